The lowest BCUT2D eigenvalue weighted by Crippen LogP contribution is -2.17. The Bertz CT molecular complexity index is 501. The molecule has 5 nitrogen and oxygen atoms in total. The number of hydrogen-bond acceptors (Lipinski definition) is 5. The molecule has 0 saturated heterocycles. The van der Waals surface area contributed by atoms with Crippen molar-refractivity contribution in [3.05, 3.63) is 35.5 Å². The molecule has 0 spiro atoms. The van der Waals surface area contributed by atoms with Gasteiger partial charge in [-0.2, -0.15) is 0 Å². The summed E-state index contributed by atoms with van der Waals surface area (Å²) in [6.45, 7) is 2.05. The average molecular weight is 267 g/mol. The normalized spacial score (nSPS) is 12.3. The molecule has 0 saturated carbocycles. The molecule has 18 heavy (non-hydrogen) atoms. The van der Waals surface area contributed by atoms with E-state index >= 15 is 0 Å². The van der Waals surface area contributed by atoms with E-state index in [0.717, 1.165) is 18.6 Å². The summed E-state index contributed by atoms with van der Waals surface area (Å²) in [4.78, 5) is 7.88. The molecular formula is C12H15ClN4O. The van der Waals surface area contributed by atoms with Crippen LogP contribution in [0, 0.1) is 0 Å². The molecule has 2 heterocycles. The number of rotatable bonds is 5. The van der Waals surface area contributed by atoms with Gasteiger partial charge in [-0.3, -0.25) is 0 Å². The Morgan fingerprint density at radius 2 is 2.33 bits per heavy atom. The van der Waals surface area contributed by atoms with Crippen molar-refractivity contribution in [1.29, 1.82) is 0 Å². The highest BCUT2D eigenvalue weighted by molar-refractivity contribution is 6.35. The summed E-state index contributed by atoms with van der Waals surface area (Å²) in [6, 6.07) is 4.06. The zero-order valence-corrected chi connectivity index (χ0v) is 10.8. The third kappa shape index (κ3) is 3.13. The van der Waals surface area contributed by atoms with Crippen molar-refractivity contribution in [3.63, 3.8) is 0 Å². The molecule has 0 bridgehead atoms. The highest BCUT2D eigenvalue weighted by Crippen LogP contribution is 2.24. The van der Waals surface area contributed by atoms with E-state index in [-0.39, 0.29) is 11.9 Å². The number of aromatic nitrogens is 2. The van der Waals surface area contributed by atoms with Crippen molar-refractivity contribution in [2.24, 2.45) is 0 Å². The predicted octanol–water partition coefficient (Wildman–Crippen LogP) is 2.74. The number of hydrogen-bond donors (Lipinski definition) is 2. The topological polar surface area (TPSA) is 77.0 Å². The molecular weight excluding hydrogens is 252 g/mol. The van der Waals surface area contributed by atoms with Gasteiger partial charge in [-0.1, -0.05) is 11.6 Å². The predicted molar refractivity (Wildman–Crippen MR) is 71.6 cm³/mol. The molecule has 0 aliphatic heterocycles. The number of aryl methyl sites for hydroxylation is 1. The standard InChI is InChI=1S/C12H15ClN4O/c1-8(4-5-9-3-2-6-18-9)17-12-10(13)11(14)15-7-16-12/h2-3,6-8H,4-5H2,1H3,(H3,14,15,16,17). The summed E-state index contributed by atoms with van der Waals surface area (Å²) < 4.78 is 5.28. The quantitative estimate of drug-likeness (QED) is 0.870. The van der Waals surface area contributed by atoms with Crippen molar-refractivity contribution in [2.45, 2.75) is 25.8 Å². The minimum Gasteiger partial charge on any atom is -0.469 e. The molecule has 1 unspecified atom stereocenters. The smallest absolute Gasteiger partial charge is 0.150 e. The van der Waals surface area contributed by atoms with Crippen LogP contribution < -0.4 is 11.1 Å². The summed E-state index contributed by atoms with van der Waals surface area (Å²) in [5, 5.41) is 3.57. The number of furan rings is 1. The highest BCUT2D eigenvalue weighted by atomic mass is 35.5. The number of halogens is 1. The Balaban J connectivity index is 1.90. The molecule has 0 amide bonds. The van der Waals surface area contributed by atoms with Gasteiger partial charge in [0.05, 0.1) is 6.26 Å². The summed E-state index contributed by atoms with van der Waals surface area (Å²) in [6.07, 6.45) is 4.84. The van der Waals surface area contributed by atoms with Gasteiger partial charge in [-0.25, -0.2) is 9.97 Å². The molecule has 1 atom stereocenters. The maximum absolute atomic E-state index is 6.01. The van der Waals surface area contributed by atoms with E-state index in [0.29, 0.717) is 10.8 Å². The van der Waals surface area contributed by atoms with E-state index in [9.17, 15) is 0 Å². The van der Waals surface area contributed by atoms with Crippen LogP contribution in [0.25, 0.3) is 0 Å². The lowest BCUT2D eigenvalue weighted by atomic mass is 10.1. The van der Waals surface area contributed by atoms with Crippen molar-refractivity contribution in [2.75, 3.05) is 11.1 Å². The maximum Gasteiger partial charge on any atom is 0.150 e. The molecule has 6 heteroatoms. The molecule has 0 radical (unpaired) electrons. The van der Waals surface area contributed by atoms with E-state index in [2.05, 4.69) is 22.2 Å². The van der Waals surface area contributed by atoms with Gasteiger partial charge in [-0.05, 0) is 25.5 Å². The second-order valence-corrected chi connectivity index (χ2v) is 4.46. The fraction of sp³-hybridized carbons (Fsp3) is 0.333. The molecule has 0 aliphatic carbocycles. The third-order valence-corrected chi connectivity index (χ3v) is 2.98. The van der Waals surface area contributed by atoms with E-state index in [1.807, 2.05) is 12.1 Å². The van der Waals surface area contributed by atoms with Gasteiger partial charge in [-0.15, -0.1) is 0 Å². The zero-order valence-electron chi connectivity index (χ0n) is 10.1. The van der Waals surface area contributed by atoms with Crippen LogP contribution in [-0.2, 0) is 6.42 Å². The Hall–Kier alpha value is -1.75. The van der Waals surface area contributed by atoms with E-state index in [1.54, 1.807) is 6.26 Å². The maximum atomic E-state index is 6.01. The van der Waals surface area contributed by atoms with Crippen LogP contribution in [0.1, 0.15) is 19.1 Å². The van der Waals surface area contributed by atoms with Gasteiger partial charge in [0.1, 0.15) is 22.9 Å². The number of nitrogens with one attached hydrogen (secondary N) is 1. The monoisotopic (exact) mass is 266 g/mol. The number of nitrogens with zero attached hydrogens (tertiary/aromatic N) is 2. The van der Waals surface area contributed by atoms with Crippen molar-refractivity contribution >= 4 is 23.2 Å². The lowest BCUT2D eigenvalue weighted by Gasteiger charge is -2.14. The molecule has 0 fully saturated rings. The first-order valence-electron chi connectivity index (χ1n) is 5.71. The number of nitrogen functional groups attached to an aromatic ring is 1. The van der Waals surface area contributed by atoms with E-state index in [4.69, 9.17) is 21.8 Å². The minimum absolute atomic E-state index is 0.210. The number of anilines is 2. The molecule has 96 valence electrons. The van der Waals surface area contributed by atoms with Gasteiger partial charge in [0.2, 0.25) is 0 Å². The first-order chi connectivity index (χ1) is 8.66. The van der Waals surface area contributed by atoms with Crippen LogP contribution in [-0.4, -0.2) is 16.0 Å². The Morgan fingerprint density at radius 1 is 1.50 bits per heavy atom. The summed E-state index contributed by atoms with van der Waals surface area (Å²) in [5.74, 6) is 1.82. The largest absolute Gasteiger partial charge is 0.469 e. The zero-order chi connectivity index (χ0) is 13.0. The first kappa shape index (κ1) is 12.7. The molecule has 0 aromatic carbocycles. The molecule has 2 rings (SSSR count). The Morgan fingerprint density at radius 3 is 3.06 bits per heavy atom. The van der Waals surface area contributed by atoms with Crippen LogP contribution >= 0.6 is 11.6 Å². The molecule has 3 N–H and O–H groups in total. The third-order valence-electron chi connectivity index (χ3n) is 2.60. The van der Waals surface area contributed by atoms with Gasteiger partial charge < -0.3 is 15.5 Å². The second-order valence-electron chi connectivity index (χ2n) is 4.08. The summed E-state index contributed by atoms with van der Waals surface area (Å²) in [5.41, 5.74) is 5.61. The fourth-order valence-electron chi connectivity index (χ4n) is 1.60. The van der Waals surface area contributed by atoms with Gasteiger partial charge in [0.25, 0.3) is 0 Å². The molecule has 2 aromatic heterocycles. The Kier molecular flexibility index (Phi) is 4.04. The van der Waals surface area contributed by atoms with Gasteiger partial charge in [0, 0.05) is 12.5 Å². The van der Waals surface area contributed by atoms with Crippen molar-refractivity contribution in [1.82, 2.24) is 9.97 Å². The molecule has 2 aromatic rings. The minimum atomic E-state index is 0.210. The van der Waals surface area contributed by atoms with Crippen LogP contribution in [0.2, 0.25) is 5.02 Å². The van der Waals surface area contributed by atoms with Crippen LogP contribution in [0.15, 0.2) is 29.1 Å². The highest BCUT2D eigenvalue weighted by Gasteiger charge is 2.10. The van der Waals surface area contributed by atoms with Gasteiger partial charge in [0.15, 0.2) is 5.82 Å². The average Bonchev–Trinajstić information content (AvgIpc) is 2.86. The lowest BCUT2D eigenvalue weighted by molar-refractivity contribution is 0.495. The van der Waals surface area contributed by atoms with Gasteiger partial charge >= 0.3 is 0 Å². The van der Waals surface area contributed by atoms with Crippen molar-refractivity contribution < 1.29 is 4.42 Å². The SMILES string of the molecule is CC(CCc1ccco1)Nc1ncnc(N)c1Cl. The van der Waals surface area contributed by atoms with Crippen molar-refractivity contribution in [3.8, 4) is 0 Å². The van der Waals surface area contributed by atoms with E-state index < -0.39 is 0 Å². The van der Waals surface area contributed by atoms with Crippen LogP contribution in [0.5, 0.6) is 0 Å². The first-order valence-corrected chi connectivity index (χ1v) is 6.09. The fourth-order valence-corrected chi connectivity index (χ4v) is 1.76. The second kappa shape index (κ2) is 5.73. The summed E-state index contributed by atoms with van der Waals surface area (Å²) >= 11 is 6.01. The number of nitrogens with two attached hydrogens (primary N) is 1. The molecule has 0 aliphatic rings. The van der Waals surface area contributed by atoms with E-state index in [1.165, 1.54) is 6.33 Å². The van der Waals surface area contributed by atoms with Crippen LogP contribution in [0.4, 0.5) is 11.6 Å². The summed E-state index contributed by atoms with van der Waals surface area (Å²) in [7, 11) is 0. The Labute approximate surface area is 110 Å². The van der Waals surface area contributed by atoms with Crippen LogP contribution in [0.3, 0.4) is 0 Å².